The van der Waals surface area contributed by atoms with E-state index in [9.17, 15) is 14.0 Å². The summed E-state index contributed by atoms with van der Waals surface area (Å²) in [6, 6.07) is 8.92. The van der Waals surface area contributed by atoms with E-state index in [2.05, 4.69) is 10.4 Å². The number of esters is 1. The molecule has 10 heteroatoms. The lowest BCUT2D eigenvalue weighted by Gasteiger charge is -2.13. The smallest absolute Gasteiger partial charge is 0.331 e. The number of nitrogens with zero attached hydrogens (tertiary/aromatic N) is 2. The number of hydrogen-bond acceptors (Lipinski definition) is 6. The molecule has 0 fully saturated rings. The van der Waals surface area contributed by atoms with Crippen LogP contribution in [0.5, 0.6) is 11.5 Å². The fourth-order valence-electron chi connectivity index (χ4n) is 3.21. The van der Waals surface area contributed by atoms with Gasteiger partial charge in [-0.1, -0.05) is 11.6 Å². The number of methoxy groups -OCH3 is 2. The number of aromatic nitrogens is 2. The second kappa shape index (κ2) is 10.8. The Morgan fingerprint density at radius 2 is 1.79 bits per heavy atom. The molecule has 1 heterocycles. The Morgan fingerprint density at radius 3 is 2.44 bits per heavy atom. The predicted molar refractivity (Wildman–Crippen MR) is 126 cm³/mol. The van der Waals surface area contributed by atoms with Crippen molar-refractivity contribution >= 4 is 35.2 Å². The van der Waals surface area contributed by atoms with Crippen molar-refractivity contribution in [1.82, 2.24) is 9.78 Å². The van der Waals surface area contributed by atoms with Gasteiger partial charge in [0.25, 0.3) is 5.91 Å². The number of carbonyl (C=O) groups excluding carboxylic acids is 2. The highest BCUT2D eigenvalue weighted by atomic mass is 35.5. The first-order chi connectivity index (χ1) is 16.2. The van der Waals surface area contributed by atoms with Gasteiger partial charge >= 0.3 is 5.97 Å². The molecule has 1 amide bonds. The number of anilines is 1. The van der Waals surface area contributed by atoms with E-state index in [1.807, 2.05) is 6.92 Å². The van der Waals surface area contributed by atoms with Crippen molar-refractivity contribution < 1.29 is 28.2 Å². The molecule has 3 rings (SSSR count). The zero-order valence-electron chi connectivity index (χ0n) is 19.0. The van der Waals surface area contributed by atoms with Gasteiger partial charge < -0.3 is 19.5 Å². The molecular weight excluding hydrogens is 465 g/mol. The molecule has 0 spiro atoms. The Labute approximate surface area is 200 Å². The number of amides is 1. The van der Waals surface area contributed by atoms with E-state index in [-0.39, 0.29) is 10.8 Å². The van der Waals surface area contributed by atoms with Crippen molar-refractivity contribution in [3.05, 3.63) is 70.3 Å². The molecular formula is C24H23ClFN3O5. The first kappa shape index (κ1) is 24.8. The van der Waals surface area contributed by atoms with Crippen molar-refractivity contribution in [3.8, 4) is 17.2 Å². The summed E-state index contributed by atoms with van der Waals surface area (Å²) < 4.78 is 30.2. The van der Waals surface area contributed by atoms with Gasteiger partial charge in [-0.2, -0.15) is 5.10 Å². The Hall–Kier alpha value is -3.85. The number of aryl methyl sites for hydroxylation is 1. The lowest BCUT2D eigenvalue weighted by molar-refractivity contribution is -0.142. The molecule has 0 aliphatic rings. The minimum Gasteiger partial charge on any atom is -0.495 e. The third-order valence-corrected chi connectivity index (χ3v) is 5.19. The van der Waals surface area contributed by atoms with Gasteiger partial charge in [0.1, 0.15) is 17.3 Å². The maximum Gasteiger partial charge on any atom is 0.331 e. The summed E-state index contributed by atoms with van der Waals surface area (Å²) in [4.78, 5) is 24.4. The number of ether oxygens (including phenoxy) is 3. The average Bonchev–Trinajstić information content (AvgIpc) is 3.10. The quantitative estimate of drug-likeness (QED) is 0.372. The molecule has 8 nitrogen and oxygen atoms in total. The normalized spacial score (nSPS) is 10.9. The second-order valence-electron chi connectivity index (χ2n) is 7.15. The Bertz CT molecular complexity index is 1240. The van der Waals surface area contributed by atoms with Crippen LogP contribution in [0.2, 0.25) is 5.02 Å². The van der Waals surface area contributed by atoms with Crippen LogP contribution < -0.4 is 14.8 Å². The number of carbonyl (C=O) groups is 2. The van der Waals surface area contributed by atoms with Gasteiger partial charge in [-0.3, -0.25) is 4.79 Å². The monoisotopic (exact) mass is 487 g/mol. The number of nitrogens with one attached hydrogen (secondary N) is 1. The maximum atomic E-state index is 13.2. The summed E-state index contributed by atoms with van der Waals surface area (Å²) in [6.45, 7) is 3.11. The van der Waals surface area contributed by atoms with Crippen LogP contribution in [-0.4, -0.2) is 42.5 Å². The molecule has 0 bridgehead atoms. The number of rotatable bonds is 8. The van der Waals surface area contributed by atoms with E-state index in [0.717, 1.165) is 5.69 Å². The van der Waals surface area contributed by atoms with Crippen molar-refractivity contribution in [3.63, 3.8) is 0 Å². The van der Waals surface area contributed by atoms with Crippen LogP contribution in [0.15, 0.2) is 42.5 Å². The largest absolute Gasteiger partial charge is 0.495 e. The Kier molecular flexibility index (Phi) is 7.91. The van der Waals surface area contributed by atoms with Gasteiger partial charge in [-0.25, -0.2) is 13.9 Å². The highest BCUT2D eigenvalue weighted by Crippen LogP contribution is 2.35. The summed E-state index contributed by atoms with van der Waals surface area (Å²) in [5, 5.41) is 7.30. The summed E-state index contributed by atoms with van der Waals surface area (Å²) in [7, 11) is 2.90. The molecule has 0 saturated heterocycles. The first-order valence-electron chi connectivity index (χ1n) is 10.1. The molecule has 0 atom stereocenters. The van der Waals surface area contributed by atoms with E-state index < -0.39 is 18.5 Å². The maximum absolute atomic E-state index is 13.2. The van der Waals surface area contributed by atoms with Crippen molar-refractivity contribution in [2.24, 2.45) is 0 Å². The highest BCUT2D eigenvalue weighted by molar-refractivity contribution is 6.32. The third kappa shape index (κ3) is 5.74. The predicted octanol–water partition coefficient (Wildman–Crippen LogP) is 4.49. The SMILES string of the molecule is COc1cc(OC)c(NC(=O)COC(=O)/C=C/c2c(C)nn(-c3ccc(F)cc3)c2C)cc1Cl. The minimum absolute atomic E-state index is 0.283. The van der Waals surface area contributed by atoms with Crippen LogP contribution >= 0.6 is 11.6 Å². The van der Waals surface area contributed by atoms with E-state index >= 15 is 0 Å². The second-order valence-corrected chi connectivity index (χ2v) is 7.56. The topological polar surface area (TPSA) is 91.7 Å². The molecule has 0 radical (unpaired) electrons. The molecule has 0 aliphatic heterocycles. The minimum atomic E-state index is -0.705. The summed E-state index contributed by atoms with van der Waals surface area (Å²) in [6.07, 6.45) is 2.77. The van der Waals surface area contributed by atoms with Gasteiger partial charge in [0.05, 0.1) is 36.3 Å². The zero-order chi connectivity index (χ0) is 24.8. The van der Waals surface area contributed by atoms with Crippen molar-refractivity contribution in [2.75, 3.05) is 26.1 Å². The van der Waals surface area contributed by atoms with Crippen LogP contribution in [0.3, 0.4) is 0 Å². The number of halogens is 2. The summed E-state index contributed by atoms with van der Waals surface area (Å²) >= 11 is 6.09. The molecule has 0 unspecified atom stereocenters. The van der Waals surface area contributed by atoms with Gasteiger partial charge in [-0.05, 0) is 50.3 Å². The average molecular weight is 488 g/mol. The first-order valence-corrected chi connectivity index (χ1v) is 10.5. The van der Waals surface area contributed by atoms with Crippen molar-refractivity contribution in [1.29, 1.82) is 0 Å². The van der Waals surface area contributed by atoms with Crippen LogP contribution in [0, 0.1) is 19.7 Å². The van der Waals surface area contributed by atoms with Crippen molar-refractivity contribution in [2.45, 2.75) is 13.8 Å². The zero-order valence-corrected chi connectivity index (χ0v) is 19.8. The van der Waals surface area contributed by atoms with E-state index in [4.69, 9.17) is 25.8 Å². The third-order valence-electron chi connectivity index (χ3n) is 4.90. The fraction of sp³-hybridized carbons (Fsp3) is 0.208. The van der Waals surface area contributed by atoms with Crippen LogP contribution in [0.4, 0.5) is 10.1 Å². The van der Waals surface area contributed by atoms with Gasteiger partial charge in [0, 0.05) is 23.4 Å². The fourth-order valence-corrected chi connectivity index (χ4v) is 3.45. The molecule has 0 aliphatic carbocycles. The Morgan fingerprint density at radius 1 is 1.12 bits per heavy atom. The standard InChI is InChI=1S/C24H23ClFN3O5/c1-14-18(15(2)29(28-14)17-7-5-16(26)6-8-17)9-10-24(31)34-13-23(30)27-20-11-19(25)21(32-3)12-22(20)33-4/h5-12H,13H2,1-4H3,(H,27,30)/b10-9+. The van der Waals surface area contributed by atoms with E-state index in [0.29, 0.717) is 34.1 Å². The number of hydrogen-bond donors (Lipinski definition) is 1. The van der Waals surface area contributed by atoms with E-state index in [1.54, 1.807) is 29.8 Å². The van der Waals surface area contributed by atoms with Gasteiger partial charge in [0.2, 0.25) is 0 Å². The molecule has 1 aromatic heterocycles. The lowest BCUT2D eigenvalue weighted by Crippen LogP contribution is -2.20. The summed E-state index contributed by atoms with van der Waals surface area (Å²) in [5.41, 5.74) is 3.14. The molecule has 1 N–H and O–H groups in total. The Balaban J connectivity index is 1.62. The van der Waals surface area contributed by atoms with Crippen LogP contribution in [0.25, 0.3) is 11.8 Å². The molecule has 34 heavy (non-hydrogen) atoms. The van der Waals surface area contributed by atoms with Crippen LogP contribution in [-0.2, 0) is 14.3 Å². The van der Waals surface area contributed by atoms with Gasteiger partial charge in [0.15, 0.2) is 6.61 Å². The highest BCUT2D eigenvalue weighted by Gasteiger charge is 2.14. The number of benzene rings is 2. The van der Waals surface area contributed by atoms with Crippen LogP contribution in [0.1, 0.15) is 17.0 Å². The molecule has 2 aromatic carbocycles. The van der Waals surface area contributed by atoms with E-state index in [1.165, 1.54) is 44.6 Å². The molecule has 3 aromatic rings. The molecule has 178 valence electrons. The summed E-state index contributed by atoms with van der Waals surface area (Å²) in [5.74, 6) is -0.891. The van der Waals surface area contributed by atoms with Gasteiger partial charge in [-0.15, -0.1) is 0 Å². The molecule has 0 saturated carbocycles. The lowest BCUT2D eigenvalue weighted by atomic mass is 10.2.